The topological polar surface area (TPSA) is 82.1 Å². The lowest BCUT2D eigenvalue weighted by Crippen LogP contribution is -2.43. The van der Waals surface area contributed by atoms with Crippen molar-refractivity contribution in [3.05, 3.63) is 24.3 Å². The van der Waals surface area contributed by atoms with Crippen molar-refractivity contribution in [3.8, 4) is 5.75 Å². The van der Waals surface area contributed by atoms with Gasteiger partial charge in [0.25, 0.3) is 0 Å². The molecule has 0 amide bonds. The van der Waals surface area contributed by atoms with Crippen LogP contribution in [0, 0.1) is 0 Å². The van der Waals surface area contributed by atoms with Gasteiger partial charge in [-0.1, -0.05) is 6.92 Å². The van der Waals surface area contributed by atoms with Crippen LogP contribution in [0.15, 0.2) is 29.2 Å². The molecule has 0 aliphatic carbocycles. The third-order valence-corrected chi connectivity index (χ3v) is 5.75. The van der Waals surface area contributed by atoms with E-state index in [0.29, 0.717) is 25.4 Å². The second-order valence-corrected chi connectivity index (χ2v) is 9.10. The summed E-state index contributed by atoms with van der Waals surface area (Å²) < 4.78 is 43.0. The quantitative estimate of drug-likeness (QED) is 0.443. The molecule has 0 unspecified atom stereocenters. The van der Waals surface area contributed by atoms with Crippen molar-refractivity contribution < 1.29 is 27.4 Å². The zero-order valence-corrected chi connectivity index (χ0v) is 17.8. The number of esters is 1. The number of hydrogen-bond acceptors (Lipinski definition) is 6. The van der Waals surface area contributed by atoms with Crippen molar-refractivity contribution in [2.45, 2.75) is 57.6 Å². The van der Waals surface area contributed by atoms with Crippen LogP contribution >= 0.6 is 0 Å². The highest BCUT2D eigenvalue weighted by molar-refractivity contribution is 7.89. The first kappa shape index (κ1) is 23.4. The molecule has 27 heavy (non-hydrogen) atoms. The molecule has 1 atom stereocenters. The van der Waals surface area contributed by atoms with Gasteiger partial charge in [-0.2, -0.15) is 4.31 Å². The Bertz CT molecular complexity index is 694. The number of sulfonamides is 1. The van der Waals surface area contributed by atoms with Gasteiger partial charge in [-0.25, -0.2) is 8.42 Å². The molecule has 8 heteroatoms. The Balaban J connectivity index is 3.01. The molecule has 0 radical (unpaired) electrons. The van der Waals surface area contributed by atoms with Crippen LogP contribution in [0.2, 0.25) is 0 Å². The SMILES string of the molecule is CC[C@@H](C)N(CC(=O)OC(C)(C)C)S(=O)(=O)c1ccc(OCCOC)cc1. The zero-order valence-electron chi connectivity index (χ0n) is 17.0. The molecule has 0 aliphatic heterocycles. The van der Waals surface area contributed by atoms with E-state index in [-0.39, 0.29) is 17.5 Å². The van der Waals surface area contributed by atoms with Gasteiger partial charge in [0.05, 0.1) is 11.5 Å². The highest BCUT2D eigenvalue weighted by Crippen LogP contribution is 2.23. The summed E-state index contributed by atoms with van der Waals surface area (Å²) in [5, 5.41) is 0. The number of ether oxygens (including phenoxy) is 3. The summed E-state index contributed by atoms with van der Waals surface area (Å²) in [6.45, 7) is 9.36. The van der Waals surface area contributed by atoms with Gasteiger partial charge in [0, 0.05) is 13.2 Å². The number of rotatable bonds is 10. The molecular weight excluding hydrogens is 370 g/mol. The van der Waals surface area contributed by atoms with Crippen molar-refractivity contribution in [3.63, 3.8) is 0 Å². The molecule has 0 N–H and O–H groups in total. The van der Waals surface area contributed by atoms with E-state index in [2.05, 4.69) is 0 Å². The number of nitrogens with zero attached hydrogens (tertiary/aromatic N) is 1. The molecule has 154 valence electrons. The zero-order chi connectivity index (χ0) is 20.7. The largest absolute Gasteiger partial charge is 0.491 e. The average Bonchev–Trinajstić information content (AvgIpc) is 2.58. The first-order chi connectivity index (χ1) is 12.5. The molecule has 7 nitrogen and oxygen atoms in total. The molecule has 0 fully saturated rings. The van der Waals surface area contributed by atoms with Gasteiger partial charge in [0.2, 0.25) is 10.0 Å². The van der Waals surface area contributed by atoms with E-state index in [0.717, 1.165) is 0 Å². The Kier molecular flexibility index (Phi) is 8.71. The van der Waals surface area contributed by atoms with Gasteiger partial charge < -0.3 is 14.2 Å². The molecule has 1 rings (SSSR count). The summed E-state index contributed by atoms with van der Waals surface area (Å²) in [5.74, 6) is -0.0286. The Morgan fingerprint density at radius 1 is 1.15 bits per heavy atom. The van der Waals surface area contributed by atoms with Gasteiger partial charge in [-0.05, 0) is 58.4 Å². The summed E-state index contributed by atoms with van der Waals surface area (Å²) in [7, 11) is -2.28. The molecule has 0 heterocycles. The number of carbonyl (C=O) groups excluding carboxylic acids is 1. The van der Waals surface area contributed by atoms with Crippen molar-refractivity contribution in [2.75, 3.05) is 26.9 Å². The second kappa shape index (κ2) is 10.1. The fraction of sp³-hybridized carbons (Fsp3) is 0.632. The first-order valence-corrected chi connectivity index (χ1v) is 10.4. The molecule has 1 aromatic rings. The molecule has 0 aromatic heterocycles. The average molecular weight is 402 g/mol. The third kappa shape index (κ3) is 7.48. The molecular formula is C19H31NO6S. The minimum Gasteiger partial charge on any atom is -0.491 e. The lowest BCUT2D eigenvalue weighted by Gasteiger charge is -2.28. The summed E-state index contributed by atoms with van der Waals surface area (Å²) in [4.78, 5) is 12.3. The predicted octanol–water partition coefficient (Wildman–Crippen LogP) is 2.84. The van der Waals surface area contributed by atoms with E-state index in [4.69, 9.17) is 14.2 Å². The lowest BCUT2D eigenvalue weighted by molar-refractivity contribution is -0.155. The van der Waals surface area contributed by atoms with E-state index >= 15 is 0 Å². The van der Waals surface area contributed by atoms with Crippen LogP contribution in [0.5, 0.6) is 5.75 Å². The van der Waals surface area contributed by atoms with Crippen LogP contribution in [0.1, 0.15) is 41.0 Å². The van der Waals surface area contributed by atoms with Gasteiger partial charge >= 0.3 is 5.97 Å². The molecule has 0 saturated heterocycles. The fourth-order valence-corrected chi connectivity index (χ4v) is 3.92. The Hall–Kier alpha value is -1.64. The van der Waals surface area contributed by atoms with Gasteiger partial charge in [0.15, 0.2) is 0 Å². The smallest absolute Gasteiger partial charge is 0.321 e. The molecule has 0 bridgehead atoms. The highest BCUT2D eigenvalue weighted by atomic mass is 32.2. The number of hydrogen-bond donors (Lipinski definition) is 0. The summed E-state index contributed by atoms with van der Waals surface area (Å²) in [6.07, 6.45) is 0.570. The maximum atomic E-state index is 13.1. The number of carbonyl (C=O) groups is 1. The Morgan fingerprint density at radius 3 is 2.22 bits per heavy atom. The summed E-state index contributed by atoms with van der Waals surface area (Å²) in [6, 6.07) is 5.78. The van der Waals surface area contributed by atoms with Crippen LogP contribution in [0.3, 0.4) is 0 Å². The number of benzene rings is 1. The molecule has 0 aliphatic rings. The molecule has 0 saturated carbocycles. The Morgan fingerprint density at radius 2 is 1.74 bits per heavy atom. The van der Waals surface area contributed by atoms with Crippen LogP contribution in [0.25, 0.3) is 0 Å². The van der Waals surface area contributed by atoms with E-state index in [1.807, 2.05) is 6.92 Å². The summed E-state index contributed by atoms with van der Waals surface area (Å²) >= 11 is 0. The highest BCUT2D eigenvalue weighted by Gasteiger charge is 2.32. The van der Waals surface area contributed by atoms with Crippen LogP contribution in [-0.2, 0) is 24.3 Å². The maximum absolute atomic E-state index is 13.1. The predicted molar refractivity (Wildman–Crippen MR) is 103 cm³/mol. The molecule has 0 spiro atoms. The normalized spacial score (nSPS) is 13.4. The van der Waals surface area contributed by atoms with E-state index in [9.17, 15) is 13.2 Å². The maximum Gasteiger partial charge on any atom is 0.321 e. The Labute approximate surface area is 162 Å². The van der Waals surface area contributed by atoms with Crippen LogP contribution < -0.4 is 4.74 Å². The van der Waals surface area contributed by atoms with Crippen LogP contribution in [-0.4, -0.2) is 57.2 Å². The first-order valence-electron chi connectivity index (χ1n) is 8.96. The van der Waals surface area contributed by atoms with Crippen molar-refractivity contribution in [1.29, 1.82) is 0 Å². The van der Waals surface area contributed by atoms with E-state index in [1.54, 1.807) is 46.9 Å². The van der Waals surface area contributed by atoms with Gasteiger partial charge in [-0.3, -0.25) is 4.79 Å². The van der Waals surface area contributed by atoms with E-state index < -0.39 is 21.6 Å². The van der Waals surface area contributed by atoms with Gasteiger partial charge in [-0.15, -0.1) is 0 Å². The fourth-order valence-electron chi connectivity index (χ4n) is 2.27. The monoisotopic (exact) mass is 401 g/mol. The second-order valence-electron chi connectivity index (χ2n) is 7.21. The third-order valence-electron chi connectivity index (χ3n) is 3.77. The summed E-state index contributed by atoms with van der Waals surface area (Å²) in [5.41, 5.74) is -0.677. The minimum atomic E-state index is -3.85. The van der Waals surface area contributed by atoms with Crippen LogP contribution in [0.4, 0.5) is 0 Å². The van der Waals surface area contributed by atoms with Crippen molar-refractivity contribution in [2.24, 2.45) is 0 Å². The minimum absolute atomic E-state index is 0.102. The molecule has 1 aromatic carbocycles. The number of methoxy groups -OCH3 is 1. The van der Waals surface area contributed by atoms with E-state index in [1.165, 1.54) is 16.4 Å². The van der Waals surface area contributed by atoms with Crippen molar-refractivity contribution in [1.82, 2.24) is 4.31 Å². The van der Waals surface area contributed by atoms with Gasteiger partial charge in [0.1, 0.15) is 24.5 Å². The standard InChI is InChI=1S/C19H31NO6S/c1-7-15(2)20(14-18(21)26-19(3,4)5)27(22,23)17-10-8-16(9-11-17)25-13-12-24-6/h8-11,15H,7,12-14H2,1-6H3/t15-/m1/s1. The lowest BCUT2D eigenvalue weighted by atomic mass is 10.2. The van der Waals surface area contributed by atoms with Crippen molar-refractivity contribution >= 4 is 16.0 Å².